The second-order valence-electron chi connectivity index (χ2n) is 9.32. The molecule has 2 aromatic heterocycles. The molecule has 2 aromatic carbocycles. The van der Waals surface area contributed by atoms with Crippen LogP contribution in [0.1, 0.15) is 29.8 Å². The third-order valence-corrected chi connectivity index (χ3v) is 6.75. The van der Waals surface area contributed by atoms with Crippen molar-refractivity contribution in [2.45, 2.75) is 45.1 Å². The average molecular weight is 505 g/mol. The van der Waals surface area contributed by atoms with Gasteiger partial charge in [0.05, 0.1) is 31.8 Å². The summed E-state index contributed by atoms with van der Waals surface area (Å²) in [4.78, 5) is 18.2. The molecule has 1 atom stereocenters. The molecule has 2 aliphatic heterocycles. The lowest BCUT2D eigenvalue weighted by Gasteiger charge is -2.22. The first-order chi connectivity index (χ1) is 18.1. The molecular weight excluding hydrogens is 476 g/mol. The fraction of sp³-hybridized carbons (Fsp3) is 0.385. The average Bonchev–Trinajstić information content (AvgIpc) is 3.67. The molecular formula is C26H28N6O5. The summed E-state index contributed by atoms with van der Waals surface area (Å²) in [7, 11) is 1.65. The SMILES string of the molecule is COc1ccc(CN(Cc2cc3cc4c(cc3[nH]c2=O)OCO4)Cc2nnnn2C[C@@H]2CCCO2)cc1. The lowest BCUT2D eigenvalue weighted by atomic mass is 10.1. The van der Waals surface area contributed by atoms with Crippen molar-refractivity contribution in [2.75, 3.05) is 20.5 Å². The molecule has 1 N–H and O–H groups in total. The number of tetrazole rings is 1. The van der Waals surface area contributed by atoms with E-state index in [0.29, 0.717) is 48.8 Å². The first kappa shape index (κ1) is 23.4. The lowest BCUT2D eigenvalue weighted by molar-refractivity contribution is 0.0914. The van der Waals surface area contributed by atoms with E-state index < -0.39 is 0 Å². The number of benzene rings is 2. The summed E-state index contributed by atoms with van der Waals surface area (Å²) in [6, 6.07) is 13.5. The molecule has 2 aliphatic rings. The summed E-state index contributed by atoms with van der Waals surface area (Å²) in [5.74, 6) is 2.83. The van der Waals surface area contributed by atoms with Crippen LogP contribution in [0, 0.1) is 0 Å². The van der Waals surface area contributed by atoms with E-state index >= 15 is 0 Å². The topological polar surface area (TPSA) is 117 Å². The molecule has 192 valence electrons. The van der Waals surface area contributed by atoms with Crippen LogP contribution >= 0.6 is 0 Å². The van der Waals surface area contributed by atoms with Crippen LogP contribution in [0.3, 0.4) is 0 Å². The minimum absolute atomic E-state index is 0.119. The molecule has 11 nitrogen and oxygen atoms in total. The van der Waals surface area contributed by atoms with Gasteiger partial charge in [-0.15, -0.1) is 5.10 Å². The molecule has 4 aromatic rings. The summed E-state index contributed by atoms with van der Waals surface area (Å²) >= 11 is 0. The molecule has 6 rings (SSSR count). The first-order valence-electron chi connectivity index (χ1n) is 12.3. The second-order valence-corrected chi connectivity index (χ2v) is 9.32. The predicted octanol–water partition coefficient (Wildman–Crippen LogP) is 2.63. The Morgan fingerprint density at radius 2 is 1.95 bits per heavy atom. The predicted molar refractivity (Wildman–Crippen MR) is 133 cm³/mol. The number of aromatic nitrogens is 5. The van der Waals surface area contributed by atoms with Crippen LogP contribution in [-0.4, -0.2) is 56.7 Å². The number of nitrogens with zero attached hydrogens (tertiary/aromatic N) is 5. The lowest BCUT2D eigenvalue weighted by Crippen LogP contribution is -2.29. The Balaban J connectivity index is 1.28. The number of aromatic amines is 1. The summed E-state index contributed by atoms with van der Waals surface area (Å²) < 4.78 is 23.9. The fourth-order valence-electron chi connectivity index (χ4n) is 4.82. The van der Waals surface area contributed by atoms with E-state index in [0.717, 1.165) is 42.0 Å². The van der Waals surface area contributed by atoms with Gasteiger partial charge in [-0.3, -0.25) is 9.69 Å². The molecule has 0 spiro atoms. The number of fused-ring (bicyclic) bond motifs is 2. The van der Waals surface area contributed by atoms with Gasteiger partial charge in [-0.05, 0) is 53.1 Å². The Kier molecular flexibility index (Phi) is 6.46. The van der Waals surface area contributed by atoms with Crippen LogP contribution < -0.4 is 19.8 Å². The van der Waals surface area contributed by atoms with Gasteiger partial charge in [0, 0.05) is 36.7 Å². The number of hydrogen-bond donors (Lipinski definition) is 1. The molecule has 0 amide bonds. The molecule has 1 saturated heterocycles. The second kappa shape index (κ2) is 10.2. The smallest absolute Gasteiger partial charge is 0.252 e. The van der Waals surface area contributed by atoms with Gasteiger partial charge in [-0.25, -0.2) is 4.68 Å². The summed E-state index contributed by atoms with van der Waals surface area (Å²) in [6.07, 6.45) is 2.17. The Labute approximate surface area is 212 Å². The standard InChI is InChI=1S/C26H28N6O5/c1-34-20-6-4-17(5-7-20)12-31(15-25-28-29-30-32(25)14-21-3-2-8-35-21)13-19-9-18-10-23-24(37-16-36-23)11-22(18)27-26(19)33/h4-7,9-11,21H,2-3,8,12-16H2,1H3,(H,27,33)/t21-/m0/s1. The first-order valence-corrected chi connectivity index (χ1v) is 12.3. The van der Waals surface area contributed by atoms with Crippen LogP contribution in [0.25, 0.3) is 10.9 Å². The van der Waals surface area contributed by atoms with Crippen LogP contribution in [-0.2, 0) is 30.9 Å². The van der Waals surface area contributed by atoms with E-state index in [9.17, 15) is 4.79 Å². The van der Waals surface area contributed by atoms with Crippen LogP contribution in [0.15, 0.2) is 47.3 Å². The van der Waals surface area contributed by atoms with Gasteiger partial charge >= 0.3 is 0 Å². The maximum Gasteiger partial charge on any atom is 0.252 e. The number of rotatable bonds is 9. The van der Waals surface area contributed by atoms with Crippen molar-refractivity contribution in [3.8, 4) is 17.2 Å². The van der Waals surface area contributed by atoms with Crippen molar-refractivity contribution < 1.29 is 18.9 Å². The van der Waals surface area contributed by atoms with Crippen molar-refractivity contribution in [1.29, 1.82) is 0 Å². The van der Waals surface area contributed by atoms with Gasteiger partial charge in [0.2, 0.25) is 6.79 Å². The van der Waals surface area contributed by atoms with E-state index in [-0.39, 0.29) is 18.5 Å². The van der Waals surface area contributed by atoms with Gasteiger partial charge in [0.1, 0.15) is 5.75 Å². The quantitative estimate of drug-likeness (QED) is 0.367. The van der Waals surface area contributed by atoms with Crippen LogP contribution in [0.4, 0.5) is 0 Å². The Bertz CT molecular complexity index is 1440. The minimum atomic E-state index is -0.148. The van der Waals surface area contributed by atoms with Crippen LogP contribution in [0.2, 0.25) is 0 Å². The summed E-state index contributed by atoms with van der Waals surface area (Å²) in [5.41, 5.74) is 2.28. The number of H-pyrrole nitrogens is 1. The number of ether oxygens (including phenoxy) is 4. The zero-order valence-electron chi connectivity index (χ0n) is 20.6. The molecule has 37 heavy (non-hydrogen) atoms. The molecule has 0 aliphatic carbocycles. The molecule has 1 fully saturated rings. The van der Waals surface area contributed by atoms with Crippen LogP contribution in [0.5, 0.6) is 17.2 Å². The number of hydrogen-bond acceptors (Lipinski definition) is 9. The molecule has 11 heteroatoms. The van der Waals surface area contributed by atoms with E-state index in [1.54, 1.807) is 13.2 Å². The maximum absolute atomic E-state index is 13.1. The molecule has 0 radical (unpaired) electrons. The molecule has 0 unspecified atom stereocenters. The van der Waals surface area contributed by atoms with Crippen molar-refractivity contribution in [3.05, 3.63) is 69.8 Å². The van der Waals surface area contributed by atoms with Crippen molar-refractivity contribution in [3.63, 3.8) is 0 Å². The van der Waals surface area contributed by atoms with Gasteiger partial charge in [0.25, 0.3) is 5.56 Å². The number of methoxy groups -OCH3 is 1. The van der Waals surface area contributed by atoms with E-state index in [4.69, 9.17) is 18.9 Å². The van der Waals surface area contributed by atoms with E-state index in [2.05, 4.69) is 25.4 Å². The van der Waals surface area contributed by atoms with Crippen molar-refractivity contribution in [2.24, 2.45) is 0 Å². The monoisotopic (exact) mass is 504 g/mol. The zero-order valence-corrected chi connectivity index (χ0v) is 20.6. The third kappa shape index (κ3) is 5.13. The Morgan fingerprint density at radius 3 is 2.73 bits per heavy atom. The highest BCUT2D eigenvalue weighted by molar-refractivity contribution is 5.83. The summed E-state index contributed by atoms with van der Waals surface area (Å²) in [5, 5.41) is 13.3. The van der Waals surface area contributed by atoms with Crippen molar-refractivity contribution >= 4 is 10.9 Å². The maximum atomic E-state index is 13.1. The normalized spacial score (nSPS) is 16.6. The van der Waals surface area contributed by atoms with Gasteiger partial charge in [-0.2, -0.15) is 0 Å². The fourth-order valence-corrected chi connectivity index (χ4v) is 4.82. The van der Waals surface area contributed by atoms with Gasteiger partial charge in [-0.1, -0.05) is 12.1 Å². The highest BCUT2D eigenvalue weighted by Gasteiger charge is 2.21. The zero-order chi connectivity index (χ0) is 25.2. The summed E-state index contributed by atoms with van der Waals surface area (Å²) in [6.45, 7) is 3.02. The largest absolute Gasteiger partial charge is 0.497 e. The van der Waals surface area contributed by atoms with Gasteiger partial charge < -0.3 is 23.9 Å². The molecule has 4 heterocycles. The van der Waals surface area contributed by atoms with E-state index in [1.165, 1.54) is 0 Å². The Hall–Kier alpha value is -3.96. The van der Waals surface area contributed by atoms with Crippen molar-refractivity contribution in [1.82, 2.24) is 30.1 Å². The molecule has 0 saturated carbocycles. The highest BCUT2D eigenvalue weighted by atomic mass is 16.7. The Morgan fingerprint density at radius 1 is 1.11 bits per heavy atom. The minimum Gasteiger partial charge on any atom is -0.497 e. The van der Waals surface area contributed by atoms with E-state index in [1.807, 2.05) is 41.1 Å². The molecule has 0 bridgehead atoms. The number of pyridine rings is 1. The third-order valence-electron chi connectivity index (χ3n) is 6.75. The van der Waals surface area contributed by atoms with Gasteiger partial charge in [0.15, 0.2) is 17.3 Å². The highest BCUT2D eigenvalue weighted by Crippen LogP contribution is 2.35. The number of nitrogens with one attached hydrogen (secondary N) is 1.